The second kappa shape index (κ2) is 12.5. The van der Waals surface area contributed by atoms with E-state index in [9.17, 15) is 8.78 Å². The summed E-state index contributed by atoms with van der Waals surface area (Å²) in [5.74, 6) is 0. The van der Waals surface area contributed by atoms with Crippen LogP contribution in [0.15, 0.2) is 80.1 Å². The van der Waals surface area contributed by atoms with Gasteiger partial charge in [-0.3, -0.25) is 4.90 Å². The average molecular weight is 559 g/mol. The van der Waals surface area contributed by atoms with Crippen LogP contribution in [0.1, 0.15) is 18.1 Å². The first-order chi connectivity index (χ1) is 19.8. The molecule has 10 heteroatoms. The number of piperazine rings is 1. The topological polar surface area (TPSA) is 76.5 Å². The lowest BCUT2D eigenvalue weighted by Gasteiger charge is -2.31. The van der Waals surface area contributed by atoms with E-state index in [1.165, 1.54) is 0 Å². The van der Waals surface area contributed by atoms with Gasteiger partial charge < -0.3 is 20.5 Å². The normalized spacial score (nSPS) is 15.4. The molecule has 3 N–H and O–H groups in total. The molecule has 0 aromatic carbocycles. The Kier molecular flexibility index (Phi) is 8.61. The molecule has 0 unspecified atom stereocenters. The highest BCUT2D eigenvalue weighted by Gasteiger charge is 2.15. The summed E-state index contributed by atoms with van der Waals surface area (Å²) in [5, 5.41) is 11.4. The largest absolute Gasteiger partial charge is 0.379 e. The van der Waals surface area contributed by atoms with E-state index in [0.29, 0.717) is 11.3 Å². The highest BCUT2D eigenvalue weighted by atomic mass is 19.3. The molecule has 5 rings (SSSR count). The molecular weight excluding hydrogens is 522 g/mol. The molecule has 0 amide bonds. The van der Waals surface area contributed by atoms with Crippen LogP contribution in [0.25, 0.3) is 39.1 Å². The number of fused-ring (bicyclic) bond motifs is 2. The van der Waals surface area contributed by atoms with Crippen molar-refractivity contribution in [1.82, 2.24) is 40.0 Å². The Morgan fingerprint density at radius 3 is 2.71 bits per heavy atom. The number of hydrogen-bond acceptors (Lipinski definition) is 6. The molecule has 8 nitrogen and oxygen atoms in total. The monoisotopic (exact) mass is 558 g/mol. The lowest BCUT2D eigenvalue weighted by molar-refractivity contribution is 0.151. The van der Waals surface area contributed by atoms with Gasteiger partial charge in [0, 0.05) is 90.5 Å². The van der Waals surface area contributed by atoms with Gasteiger partial charge in [-0.05, 0) is 43.8 Å². The van der Waals surface area contributed by atoms with Crippen molar-refractivity contribution >= 4 is 27.9 Å². The van der Waals surface area contributed by atoms with Crippen molar-refractivity contribution in [2.24, 2.45) is 0 Å². The van der Waals surface area contributed by atoms with Gasteiger partial charge in [0.1, 0.15) is 5.65 Å². The smallest absolute Gasteiger partial charge is 0.255 e. The number of aromatic nitrogens is 4. The predicted molar refractivity (Wildman–Crippen MR) is 162 cm³/mol. The summed E-state index contributed by atoms with van der Waals surface area (Å²) in [6, 6.07) is 6.00. The third-order valence-corrected chi connectivity index (χ3v) is 7.37. The number of alkyl halides is 2. The van der Waals surface area contributed by atoms with Gasteiger partial charge in [-0.1, -0.05) is 25.3 Å². The summed E-state index contributed by atoms with van der Waals surface area (Å²) in [7, 11) is 2.16. The first kappa shape index (κ1) is 28.3. The van der Waals surface area contributed by atoms with Crippen molar-refractivity contribution in [2.75, 3.05) is 46.3 Å². The van der Waals surface area contributed by atoms with E-state index in [1.807, 2.05) is 37.5 Å². The van der Waals surface area contributed by atoms with Crippen LogP contribution in [-0.2, 0) is 0 Å². The van der Waals surface area contributed by atoms with Crippen LogP contribution < -0.4 is 10.6 Å². The van der Waals surface area contributed by atoms with Crippen molar-refractivity contribution in [3.8, 4) is 11.1 Å². The van der Waals surface area contributed by atoms with E-state index in [0.717, 1.165) is 77.4 Å². The Morgan fingerprint density at radius 1 is 1.15 bits per heavy atom. The lowest BCUT2D eigenvalue weighted by atomic mass is 10.0. The second-order valence-corrected chi connectivity index (χ2v) is 10.2. The number of likely N-dealkylation sites (N-methyl/N-ethyl adjacent to an activating group) is 1. The van der Waals surface area contributed by atoms with Gasteiger partial charge in [0.05, 0.1) is 18.3 Å². The van der Waals surface area contributed by atoms with Gasteiger partial charge in [0.2, 0.25) is 0 Å². The standard InChI is InChI=1S/C31H36F2N8/c1-5-25(7-6-9-40-13-11-39(4)12-14-40)38-21(2)24-15-26-28(18-36-31(26)35-17-24)23-8-10-41-29(16-23)27(19-37-41)22(3)34-20-30(32)33/h5-8,10,15-19,30,34,38H,2-3,9,11-14,20H2,1,4H3,(H,35,36)/b7-6-,25-5+. The minimum atomic E-state index is -2.47. The number of rotatable bonds is 11. The first-order valence-corrected chi connectivity index (χ1v) is 13.7. The summed E-state index contributed by atoms with van der Waals surface area (Å²) in [4.78, 5) is 12.7. The summed E-state index contributed by atoms with van der Waals surface area (Å²) < 4.78 is 27.1. The quantitative estimate of drug-likeness (QED) is 0.226. The maximum absolute atomic E-state index is 12.7. The van der Waals surface area contributed by atoms with Crippen molar-refractivity contribution in [2.45, 2.75) is 13.3 Å². The minimum Gasteiger partial charge on any atom is -0.379 e. The molecule has 0 spiro atoms. The SMILES string of the molecule is C=C(NC(/C=C\CN1CCN(C)CC1)=C/C)c1cnc2[nH]cc(-c3ccn4ncc(C(=C)NCC(F)F)c4c3)c2c1. The molecule has 4 aromatic rings. The van der Waals surface area contributed by atoms with E-state index in [2.05, 4.69) is 73.9 Å². The summed E-state index contributed by atoms with van der Waals surface area (Å²) in [6.07, 6.45) is 11.0. The van der Waals surface area contributed by atoms with Gasteiger partial charge >= 0.3 is 0 Å². The fraction of sp³-hybridized carbons (Fsp3) is 0.290. The Labute approximate surface area is 238 Å². The number of nitrogens with zero attached hydrogens (tertiary/aromatic N) is 5. The highest BCUT2D eigenvalue weighted by Crippen LogP contribution is 2.31. The van der Waals surface area contributed by atoms with E-state index >= 15 is 0 Å². The molecule has 0 radical (unpaired) electrons. The fourth-order valence-electron chi connectivity index (χ4n) is 4.90. The van der Waals surface area contributed by atoms with Crippen LogP contribution in [0.2, 0.25) is 0 Å². The van der Waals surface area contributed by atoms with Crippen LogP contribution in [0.3, 0.4) is 0 Å². The molecule has 1 saturated heterocycles. The maximum Gasteiger partial charge on any atom is 0.255 e. The van der Waals surface area contributed by atoms with Crippen LogP contribution in [0.5, 0.6) is 0 Å². The summed E-state index contributed by atoms with van der Waals surface area (Å²) >= 11 is 0. The molecule has 4 aromatic heterocycles. The van der Waals surface area contributed by atoms with Crippen LogP contribution in [-0.4, -0.2) is 82.1 Å². The van der Waals surface area contributed by atoms with E-state index in [-0.39, 0.29) is 0 Å². The highest BCUT2D eigenvalue weighted by molar-refractivity contribution is 5.96. The summed E-state index contributed by atoms with van der Waals surface area (Å²) in [6.45, 7) is 15.0. The van der Waals surface area contributed by atoms with Crippen molar-refractivity contribution in [3.63, 3.8) is 0 Å². The van der Waals surface area contributed by atoms with E-state index in [1.54, 1.807) is 16.9 Å². The molecule has 0 aliphatic carbocycles. The van der Waals surface area contributed by atoms with Gasteiger partial charge in [0.25, 0.3) is 6.43 Å². The van der Waals surface area contributed by atoms with Crippen LogP contribution in [0.4, 0.5) is 8.78 Å². The number of aromatic amines is 1. The van der Waals surface area contributed by atoms with Crippen molar-refractivity contribution < 1.29 is 8.78 Å². The number of H-pyrrole nitrogens is 1. The molecule has 0 bridgehead atoms. The average Bonchev–Trinajstić information content (AvgIpc) is 3.60. The zero-order chi connectivity index (χ0) is 28.9. The fourth-order valence-corrected chi connectivity index (χ4v) is 4.90. The summed E-state index contributed by atoms with van der Waals surface area (Å²) in [5.41, 5.74) is 7.08. The molecular formula is C31H36F2N8. The third kappa shape index (κ3) is 6.55. The predicted octanol–water partition coefficient (Wildman–Crippen LogP) is 4.97. The van der Waals surface area contributed by atoms with E-state index < -0.39 is 13.0 Å². The molecule has 1 aliphatic rings. The number of nitrogens with one attached hydrogen (secondary N) is 3. The molecule has 0 atom stereocenters. The number of halogens is 2. The number of hydrogen-bond donors (Lipinski definition) is 3. The second-order valence-electron chi connectivity index (χ2n) is 10.2. The van der Waals surface area contributed by atoms with E-state index in [4.69, 9.17) is 0 Å². The molecule has 1 aliphatic heterocycles. The van der Waals surface area contributed by atoms with Gasteiger partial charge in [-0.25, -0.2) is 18.3 Å². The Hall–Kier alpha value is -4.28. The molecule has 5 heterocycles. The van der Waals surface area contributed by atoms with Crippen LogP contribution >= 0.6 is 0 Å². The molecule has 214 valence electrons. The molecule has 41 heavy (non-hydrogen) atoms. The minimum absolute atomic E-state index is 0.403. The molecule has 0 saturated carbocycles. The number of pyridine rings is 2. The van der Waals surface area contributed by atoms with Crippen molar-refractivity contribution in [3.05, 3.63) is 91.2 Å². The Bertz CT molecular complexity index is 1600. The zero-order valence-electron chi connectivity index (χ0n) is 23.5. The lowest BCUT2D eigenvalue weighted by Crippen LogP contribution is -2.44. The zero-order valence-corrected chi connectivity index (χ0v) is 23.5. The Balaban J connectivity index is 1.33. The van der Waals surface area contributed by atoms with Crippen LogP contribution in [0, 0.1) is 0 Å². The van der Waals surface area contributed by atoms with Gasteiger partial charge in [0.15, 0.2) is 0 Å². The van der Waals surface area contributed by atoms with Gasteiger partial charge in [-0.15, -0.1) is 0 Å². The third-order valence-electron chi connectivity index (χ3n) is 7.37. The van der Waals surface area contributed by atoms with Gasteiger partial charge in [-0.2, -0.15) is 5.10 Å². The maximum atomic E-state index is 12.7. The molecule has 1 fully saturated rings. The van der Waals surface area contributed by atoms with Crippen molar-refractivity contribution in [1.29, 1.82) is 0 Å². The number of allylic oxidation sites excluding steroid dienone is 2. The first-order valence-electron chi connectivity index (χ1n) is 13.7. The Morgan fingerprint density at radius 2 is 1.95 bits per heavy atom.